The van der Waals surface area contributed by atoms with Crippen LogP contribution >= 0.6 is 11.3 Å². The molecule has 0 bridgehead atoms. The Hall–Kier alpha value is -1.66. The second kappa shape index (κ2) is 7.07. The quantitative estimate of drug-likeness (QED) is 0.881. The van der Waals surface area contributed by atoms with E-state index in [0.29, 0.717) is 0 Å². The van der Waals surface area contributed by atoms with Gasteiger partial charge in [0.05, 0.1) is 4.90 Å². The van der Waals surface area contributed by atoms with E-state index in [9.17, 15) is 13.2 Å². The van der Waals surface area contributed by atoms with Crippen LogP contribution in [-0.2, 0) is 14.6 Å². The third-order valence-electron chi connectivity index (χ3n) is 3.29. The third kappa shape index (κ3) is 3.75. The summed E-state index contributed by atoms with van der Waals surface area (Å²) < 4.78 is 25.7. The van der Waals surface area contributed by atoms with Gasteiger partial charge in [-0.15, -0.1) is 11.3 Å². The van der Waals surface area contributed by atoms with Gasteiger partial charge in [0.1, 0.15) is 5.25 Å². The van der Waals surface area contributed by atoms with Gasteiger partial charge in [0.25, 0.3) is 0 Å². The van der Waals surface area contributed by atoms with E-state index in [0.717, 1.165) is 4.88 Å². The smallest absolute Gasteiger partial charge is 0.222 e. The number of thiophene rings is 1. The fourth-order valence-electron chi connectivity index (χ4n) is 2.01. The monoisotopic (exact) mass is 337 g/mol. The molecule has 0 saturated carbocycles. The molecular weight excluding hydrogens is 318 g/mol. The van der Waals surface area contributed by atoms with Gasteiger partial charge in [0.2, 0.25) is 5.91 Å². The number of rotatable bonds is 6. The number of carbonyl (C=O) groups excluding carboxylic acids is 1. The van der Waals surface area contributed by atoms with Crippen LogP contribution in [0.25, 0.3) is 0 Å². The molecule has 0 aliphatic rings. The predicted molar refractivity (Wildman–Crippen MR) is 88.5 cm³/mol. The molecule has 1 heterocycles. The van der Waals surface area contributed by atoms with E-state index in [-0.39, 0.29) is 23.3 Å². The number of sulfone groups is 1. The van der Waals surface area contributed by atoms with Crippen LogP contribution < -0.4 is 5.32 Å². The Morgan fingerprint density at radius 3 is 2.36 bits per heavy atom. The molecule has 0 fully saturated rings. The minimum atomic E-state index is -3.55. The molecule has 1 aromatic carbocycles. The summed E-state index contributed by atoms with van der Waals surface area (Å²) in [7, 11) is -3.55. The molecule has 1 N–H and O–H groups in total. The molecule has 2 rings (SSSR count). The SMILES string of the molecule is CC(C)C(=O)NC[C@H](c1cccs1)S(=O)(=O)c1ccccc1. The normalized spacial score (nSPS) is 13.0. The average molecular weight is 337 g/mol. The summed E-state index contributed by atoms with van der Waals surface area (Å²) in [6.07, 6.45) is 0. The molecule has 22 heavy (non-hydrogen) atoms. The lowest BCUT2D eigenvalue weighted by molar-refractivity contribution is -0.123. The Morgan fingerprint density at radius 2 is 1.82 bits per heavy atom. The fraction of sp³-hybridized carbons (Fsp3) is 0.312. The summed E-state index contributed by atoms with van der Waals surface area (Å²) in [6, 6.07) is 11.9. The van der Waals surface area contributed by atoms with Crippen molar-refractivity contribution in [2.75, 3.05) is 6.54 Å². The Bertz CT molecular complexity index is 707. The minimum absolute atomic E-state index is 0.0781. The van der Waals surface area contributed by atoms with Crippen LogP contribution in [0, 0.1) is 5.92 Å². The van der Waals surface area contributed by atoms with Crippen LogP contribution in [0.15, 0.2) is 52.7 Å². The topological polar surface area (TPSA) is 63.2 Å². The molecule has 0 saturated heterocycles. The van der Waals surface area contributed by atoms with Crippen LogP contribution in [0.1, 0.15) is 24.0 Å². The zero-order chi connectivity index (χ0) is 16.2. The maximum atomic E-state index is 12.9. The number of carbonyl (C=O) groups is 1. The molecular formula is C16H19NO3S2. The van der Waals surface area contributed by atoms with Gasteiger partial charge < -0.3 is 5.32 Å². The molecule has 0 unspecified atom stereocenters. The van der Waals surface area contributed by atoms with Crippen molar-refractivity contribution in [1.82, 2.24) is 5.32 Å². The van der Waals surface area contributed by atoms with Crippen molar-refractivity contribution in [1.29, 1.82) is 0 Å². The van der Waals surface area contributed by atoms with Gasteiger partial charge in [-0.25, -0.2) is 8.42 Å². The van der Waals surface area contributed by atoms with Crippen LogP contribution in [0.2, 0.25) is 0 Å². The summed E-state index contributed by atoms with van der Waals surface area (Å²) in [6.45, 7) is 3.64. The third-order valence-corrected chi connectivity index (χ3v) is 6.53. The Morgan fingerprint density at radius 1 is 1.14 bits per heavy atom. The minimum Gasteiger partial charge on any atom is -0.354 e. The van der Waals surface area contributed by atoms with Crippen molar-refractivity contribution in [3.63, 3.8) is 0 Å². The van der Waals surface area contributed by atoms with E-state index in [1.54, 1.807) is 50.2 Å². The molecule has 118 valence electrons. The van der Waals surface area contributed by atoms with Gasteiger partial charge in [0.15, 0.2) is 9.84 Å². The van der Waals surface area contributed by atoms with Crippen LogP contribution in [0.4, 0.5) is 0 Å². The van der Waals surface area contributed by atoms with Crippen molar-refractivity contribution in [3.05, 3.63) is 52.7 Å². The number of hydrogen-bond donors (Lipinski definition) is 1. The Kier molecular flexibility index (Phi) is 5.37. The van der Waals surface area contributed by atoms with Gasteiger partial charge in [-0.3, -0.25) is 4.79 Å². The first kappa shape index (κ1) is 16.7. The largest absolute Gasteiger partial charge is 0.354 e. The summed E-state index contributed by atoms with van der Waals surface area (Å²) >= 11 is 1.38. The molecule has 0 spiro atoms. The van der Waals surface area contributed by atoms with Crippen molar-refractivity contribution in [2.45, 2.75) is 24.0 Å². The molecule has 1 amide bonds. The maximum absolute atomic E-state index is 12.9. The van der Waals surface area contributed by atoms with Crippen LogP contribution in [-0.4, -0.2) is 20.9 Å². The summed E-state index contributed by atoms with van der Waals surface area (Å²) in [5.74, 6) is -0.326. The molecule has 1 aromatic heterocycles. The first-order chi connectivity index (χ1) is 10.4. The predicted octanol–water partition coefficient (Wildman–Crippen LogP) is 3.04. The van der Waals surface area contributed by atoms with E-state index in [4.69, 9.17) is 0 Å². The Balaban J connectivity index is 2.31. The van der Waals surface area contributed by atoms with Gasteiger partial charge in [0, 0.05) is 17.3 Å². The highest BCUT2D eigenvalue weighted by molar-refractivity contribution is 7.91. The lowest BCUT2D eigenvalue weighted by atomic mass is 10.2. The van der Waals surface area contributed by atoms with E-state index in [2.05, 4.69) is 5.32 Å². The highest BCUT2D eigenvalue weighted by Crippen LogP contribution is 2.31. The van der Waals surface area contributed by atoms with Gasteiger partial charge >= 0.3 is 0 Å². The summed E-state index contributed by atoms with van der Waals surface area (Å²) in [4.78, 5) is 12.8. The van der Waals surface area contributed by atoms with E-state index in [1.165, 1.54) is 11.3 Å². The number of nitrogens with one attached hydrogen (secondary N) is 1. The number of hydrogen-bond acceptors (Lipinski definition) is 4. The first-order valence-corrected chi connectivity index (χ1v) is 9.45. The van der Waals surface area contributed by atoms with Gasteiger partial charge in [-0.1, -0.05) is 38.1 Å². The molecule has 1 atom stereocenters. The van der Waals surface area contributed by atoms with E-state index < -0.39 is 15.1 Å². The molecule has 4 nitrogen and oxygen atoms in total. The second-order valence-electron chi connectivity index (χ2n) is 5.26. The molecule has 2 aromatic rings. The van der Waals surface area contributed by atoms with Crippen LogP contribution in [0.5, 0.6) is 0 Å². The molecule has 0 aliphatic heterocycles. The van der Waals surface area contributed by atoms with Crippen molar-refractivity contribution in [2.24, 2.45) is 5.92 Å². The number of benzene rings is 1. The van der Waals surface area contributed by atoms with E-state index >= 15 is 0 Å². The number of amides is 1. The molecule has 0 radical (unpaired) electrons. The van der Waals surface area contributed by atoms with Crippen molar-refractivity contribution >= 4 is 27.1 Å². The second-order valence-corrected chi connectivity index (χ2v) is 8.37. The first-order valence-electron chi connectivity index (χ1n) is 7.03. The lowest BCUT2D eigenvalue weighted by Gasteiger charge is -2.18. The van der Waals surface area contributed by atoms with E-state index in [1.807, 2.05) is 11.4 Å². The highest BCUT2D eigenvalue weighted by Gasteiger charge is 2.30. The average Bonchev–Trinajstić information content (AvgIpc) is 3.01. The highest BCUT2D eigenvalue weighted by atomic mass is 32.2. The van der Waals surface area contributed by atoms with Crippen molar-refractivity contribution < 1.29 is 13.2 Å². The molecule has 6 heteroatoms. The zero-order valence-corrected chi connectivity index (χ0v) is 14.2. The van der Waals surface area contributed by atoms with Gasteiger partial charge in [-0.2, -0.15) is 0 Å². The van der Waals surface area contributed by atoms with Crippen molar-refractivity contribution in [3.8, 4) is 0 Å². The maximum Gasteiger partial charge on any atom is 0.222 e. The fourth-order valence-corrected chi connectivity index (χ4v) is 4.81. The summed E-state index contributed by atoms with van der Waals surface area (Å²) in [5, 5.41) is 3.81. The standard InChI is InChI=1S/C16H19NO3S2/c1-12(2)16(18)17-11-15(14-9-6-10-21-14)22(19,20)13-7-4-3-5-8-13/h3-10,12,15H,11H2,1-2H3,(H,17,18)/t15-/m1/s1. The summed E-state index contributed by atoms with van der Waals surface area (Å²) in [5.41, 5.74) is 0. The van der Waals surface area contributed by atoms with Gasteiger partial charge in [-0.05, 0) is 23.6 Å². The molecule has 0 aliphatic carbocycles. The zero-order valence-electron chi connectivity index (χ0n) is 12.5. The van der Waals surface area contributed by atoms with Crippen LogP contribution in [0.3, 0.4) is 0 Å². The lowest BCUT2D eigenvalue weighted by Crippen LogP contribution is -2.34. The Labute approximate surface area is 135 Å².